The topological polar surface area (TPSA) is 71.1 Å². The maximum Gasteiger partial charge on any atom is 0.255 e. The quantitative estimate of drug-likeness (QED) is 0.803. The van der Waals surface area contributed by atoms with Crippen molar-refractivity contribution in [3.63, 3.8) is 0 Å². The maximum atomic E-state index is 13.0. The van der Waals surface area contributed by atoms with Crippen LogP contribution in [-0.2, 0) is 10.8 Å². The number of aromatic nitrogens is 1. The van der Waals surface area contributed by atoms with Crippen molar-refractivity contribution < 1.29 is 13.4 Å². The number of pyridine rings is 1. The molecule has 0 aliphatic rings. The molecule has 1 atom stereocenters. The number of rotatable bonds is 6. The van der Waals surface area contributed by atoms with E-state index in [1.54, 1.807) is 7.05 Å². The van der Waals surface area contributed by atoms with Gasteiger partial charge < -0.3 is 10.6 Å². The van der Waals surface area contributed by atoms with Crippen molar-refractivity contribution in [2.45, 2.75) is 6.92 Å². The standard InChI is InChI=1S/C11H16FN3O2S/c1-3-18(17)5-4-14-11(16)9-6-8(12)7-15-10(9)13-2/h6-7H,3-5H2,1-2H3,(H,13,15)(H,14,16). The van der Waals surface area contributed by atoms with E-state index >= 15 is 0 Å². The first-order valence-electron chi connectivity index (χ1n) is 5.55. The second-order valence-electron chi connectivity index (χ2n) is 3.49. The Morgan fingerprint density at radius 1 is 1.56 bits per heavy atom. The lowest BCUT2D eigenvalue weighted by molar-refractivity contribution is 0.0956. The molecule has 5 nitrogen and oxygen atoms in total. The molecule has 18 heavy (non-hydrogen) atoms. The van der Waals surface area contributed by atoms with Gasteiger partial charge in [0.15, 0.2) is 0 Å². The summed E-state index contributed by atoms with van der Waals surface area (Å²) in [6.07, 6.45) is 1.04. The molecular formula is C11H16FN3O2S. The van der Waals surface area contributed by atoms with Crippen LogP contribution in [0.15, 0.2) is 12.3 Å². The molecule has 7 heteroatoms. The molecule has 1 rings (SSSR count). The third-order valence-corrected chi connectivity index (χ3v) is 3.58. The maximum absolute atomic E-state index is 13.0. The van der Waals surface area contributed by atoms with E-state index in [2.05, 4.69) is 15.6 Å². The minimum absolute atomic E-state index is 0.139. The van der Waals surface area contributed by atoms with Gasteiger partial charge in [-0.25, -0.2) is 9.37 Å². The van der Waals surface area contributed by atoms with E-state index in [-0.39, 0.29) is 5.56 Å². The SMILES string of the molecule is CCS(=O)CCNC(=O)c1cc(F)cnc1NC. The van der Waals surface area contributed by atoms with Crippen molar-refractivity contribution in [3.05, 3.63) is 23.6 Å². The van der Waals surface area contributed by atoms with E-state index in [0.717, 1.165) is 12.3 Å². The fourth-order valence-corrected chi connectivity index (χ4v) is 1.95. The highest BCUT2D eigenvalue weighted by atomic mass is 32.2. The number of carbonyl (C=O) groups is 1. The fraction of sp³-hybridized carbons (Fsp3) is 0.455. The van der Waals surface area contributed by atoms with Gasteiger partial charge in [-0.2, -0.15) is 0 Å². The first kappa shape index (κ1) is 14.6. The van der Waals surface area contributed by atoms with Crippen molar-refractivity contribution >= 4 is 22.5 Å². The summed E-state index contributed by atoms with van der Waals surface area (Å²) in [7, 11) is 0.669. The minimum atomic E-state index is -0.931. The Kier molecular flexibility index (Phi) is 5.70. The summed E-state index contributed by atoms with van der Waals surface area (Å²) in [4.78, 5) is 15.6. The van der Waals surface area contributed by atoms with Crippen LogP contribution in [0.4, 0.5) is 10.2 Å². The molecule has 0 bridgehead atoms. The van der Waals surface area contributed by atoms with E-state index < -0.39 is 22.5 Å². The van der Waals surface area contributed by atoms with E-state index in [1.165, 1.54) is 0 Å². The molecule has 100 valence electrons. The summed E-state index contributed by atoms with van der Waals surface area (Å²) < 4.78 is 24.2. The Balaban J connectivity index is 2.66. The van der Waals surface area contributed by atoms with Gasteiger partial charge in [0.25, 0.3) is 5.91 Å². The molecule has 0 spiro atoms. The lowest BCUT2D eigenvalue weighted by Gasteiger charge is -2.08. The highest BCUT2D eigenvalue weighted by molar-refractivity contribution is 7.84. The average Bonchev–Trinajstić information content (AvgIpc) is 2.38. The molecule has 0 aromatic carbocycles. The summed E-state index contributed by atoms with van der Waals surface area (Å²) in [5, 5.41) is 5.30. The average molecular weight is 273 g/mol. The molecule has 0 aliphatic heterocycles. The van der Waals surface area contributed by atoms with Crippen molar-refractivity contribution in [3.8, 4) is 0 Å². The van der Waals surface area contributed by atoms with Crippen molar-refractivity contribution in [2.24, 2.45) is 0 Å². The van der Waals surface area contributed by atoms with Crippen LogP contribution in [0.3, 0.4) is 0 Å². The molecule has 0 aliphatic carbocycles. The number of nitrogens with zero attached hydrogens (tertiary/aromatic N) is 1. The number of anilines is 1. The third-order valence-electron chi connectivity index (χ3n) is 2.27. The Bertz CT molecular complexity index is 454. The molecule has 1 aromatic heterocycles. The number of amides is 1. The van der Waals surface area contributed by atoms with Gasteiger partial charge in [-0.05, 0) is 6.07 Å². The molecule has 0 fully saturated rings. The highest BCUT2D eigenvalue weighted by Crippen LogP contribution is 2.12. The van der Waals surface area contributed by atoms with Gasteiger partial charge in [0.2, 0.25) is 0 Å². The van der Waals surface area contributed by atoms with Gasteiger partial charge >= 0.3 is 0 Å². The molecule has 0 saturated heterocycles. The van der Waals surface area contributed by atoms with Gasteiger partial charge in [0, 0.05) is 35.9 Å². The second-order valence-corrected chi connectivity index (χ2v) is 5.35. The molecular weight excluding hydrogens is 257 g/mol. The number of nitrogens with one attached hydrogen (secondary N) is 2. The van der Waals surface area contributed by atoms with Gasteiger partial charge in [-0.15, -0.1) is 0 Å². The summed E-state index contributed by atoms with van der Waals surface area (Å²) in [5.41, 5.74) is 0.139. The van der Waals surface area contributed by atoms with Crippen molar-refractivity contribution in [1.29, 1.82) is 0 Å². The Hall–Kier alpha value is -1.50. The number of halogens is 1. The van der Waals surface area contributed by atoms with Crippen LogP contribution in [0.25, 0.3) is 0 Å². The Morgan fingerprint density at radius 3 is 2.89 bits per heavy atom. The van der Waals surface area contributed by atoms with Gasteiger partial charge in [0.1, 0.15) is 11.6 Å². The minimum Gasteiger partial charge on any atom is -0.372 e. The van der Waals surface area contributed by atoms with Crippen LogP contribution in [0.2, 0.25) is 0 Å². The molecule has 1 unspecified atom stereocenters. The van der Waals surface area contributed by atoms with Crippen LogP contribution in [-0.4, -0.2) is 40.2 Å². The molecule has 0 saturated carbocycles. The summed E-state index contributed by atoms with van der Waals surface area (Å²) in [6.45, 7) is 2.10. The lowest BCUT2D eigenvalue weighted by Crippen LogP contribution is -2.29. The Morgan fingerprint density at radius 2 is 2.28 bits per heavy atom. The third kappa shape index (κ3) is 4.06. The largest absolute Gasteiger partial charge is 0.372 e. The molecule has 2 N–H and O–H groups in total. The van der Waals surface area contributed by atoms with E-state index in [0.29, 0.717) is 23.9 Å². The van der Waals surface area contributed by atoms with E-state index in [9.17, 15) is 13.4 Å². The summed E-state index contributed by atoms with van der Waals surface area (Å²) in [6, 6.07) is 1.12. The molecule has 1 heterocycles. The molecule has 1 aromatic rings. The van der Waals surface area contributed by atoms with Gasteiger partial charge in [0.05, 0.1) is 11.8 Å². The second kappa shape index (κ2) is 7.05. The van der Waals surface area contributed by atoms with Gasteiger partial charge in [-0.3, -0.25) is 9.00 Å². The zero-order chi connectivity index (χ0) is 13.5. The fourth-order valence-electron chi connectivity index (χ4n) is 1.33. The summed E-state index contributed by atoms with van der Waals surface area (Å²) >= 11 is 0. The first-order chi connectivity index (χ1) is 8.58. The number of carbonyl (C=O) groups excluding carboxylic acids is 1. The van der Waals surface area contributed by atoms with Crippen LogP contribution < -0.4 is 10.6 Å². The monoisotopic (exact) mass is 273 g/mol. The number of hydrogen-bond acceptors (Lipinski definition) is 4. The summed E-state index contributed by atoms with van der Waals surface area (Å²) in [5.74, 6) is 0.250. The number of hydrogen-bond donors (Lipinski definition) is 2. The van der Waals surface area contributed by atoms with E-state index in [4.69, 9.17) is 0 Å². The lowest BCUT2D eigenvalue weighted by atomic mass is 10.2. The zero-order valence-electron chi connectivity index (χ0n) is 10.3. The van der Waals surface area contributed by atoms with Crippen molar-refractivity contribution in [2.75, 3.05) is 30.4 Å². The molecule has 0 radical (unpaired) electrons. The zero-order valence-corrected chi connectivity index (χ0v) is 11.1. The predicted octanol–water partition coefficient (Wildman–Crippen LogP) is 0.761. The van der Waals surface area contributed by atoms with Crippen LogP contribution >= 0.6 is 0 Å². The first-order valence-corrected chi connectivity index (χ1v) is 7.03. The van der Waals surface area contributed by atoms with Crippen LogP contribution in [0, 0.1) is 5.82 Å². The van der Waals surface area contributed by atoms with Crippen LogP contribution in [0.1, 0.15) is 17.3 Å². The predicted molar refractivity (Wildman–Crippen MR) is 69.6 cm³/mol. The Labute approximate surface area is 108 Å². The molecule has 1 amide bonds. The smallest absolute Gasteiger partial charge is 0.255 e. The van der Waals surface area contributed by atoms with Crippen molar-refractivity contribution in [1.82, 2.24) is 10.3 Å². The van der Waals surface area contributed by atoms with E-state index in [1.807, 2.05) is 6.92 Å². The normalized spacial score (nSPS) is 11.9. The van der Waals surface area contributed by atoms with Gasteiger partial charge in [-0.1, -0.05) is 6.92 Å². The highest BCUT2D eigenvalue weighted by Gasteiger charge is 2.13. The van der Waals surface area contributed by atoms with Crippen LogP contribution in [0.5, 0.6) is 0 Å².